The van der Waals surface area contributed by atoms with E-state index >= 15 is 0 Å². The van der Waals surface area contributed by atoms with E-state index < -0.39 is 5.60 Å². The molecule has 3 unspecified atom stereocenters. The first-order chi connectivity index (χ1) is 15.5. The fraction of sp³-hybridized carbons (Fsp3) is 0.786. The normalized spacial score (nSPS) is 41.3. The summed E-state index contributed by atoms with van der Waals surface area (Å²) in [6.45, 7) is 13.1. The molecule has 7 atom stereocenters. The van der Waals surface area contributed by atoms with Crippen molar-refractivity contribution in [2.24, 2.45) is 22.7 Å². The van der Waals surface area contributed by atoms with Crippen molar-refractivity contribution in [1.82, 2.24) is 4.90 Å². The van der Waals surface area contributed by atoms with E-state index in [-0.39, 0.29) is 40.1 Å². The highest BCUT2D eigenvalue weighted by molar-refractivity contribution is 5.62. The number of aromatic hydroxyl groups is 1. The van der Waals surface area contributed by atoms with E-state index in [1.54, 1.807) is 7.11 Å². The fourth-order valence-corrected chi connectivity index (χ4v) is 8.33. The predicted octanol–water partition coefficient (Wildman–Crippen LogP) is 4.27. The summed E-state index contributed by atoms with van der Waals surface area (Å²) < 4.78 is 13.0. The molecular weight excluding hydrogens is 414 g/mol. The van der Waals surface area contributed by atoms with Gasteiger partial charge in [-0.25, -0.2) is 0 Å². The van der Waals surface area contributed by atoms with Gasteiger partial charge >= 0.3 is 0 Å². The second-order valence-electron chi connectivity index (χ2n) is 13.2. The van der Waals surface area contributed by atoms with Crippen LogP contribution in [0.25, 0.3) is 0 Å². The number of methoxy groups -OCH3 is 1. The molecule has 3 aliphatic carbocycles. The Balaban J connectivity index is 1.55. The lowest BCUT2D eigenvalue weighted by Crippen LogP contribution is -2.76. The van der Waals surface area contributed by atoms with Gasteiger partial charge in [-0.3, -0.25) is 4.90 Å². The van der Waals surface area contributed by atoms with Gasteiger partial charge in [0.1, 0.15) is 12.2 Å². The van der Waals surface area contributed by atoms with E-state index in [2.05, 4.69) is 38.7 Å². The molecule has 2 saturated carbocycles. The van der Waals surface area contributed by atoms with Crippen LogP contribution in [0.3, 0.4) is 0 Å². The van der Waals surface area contributed by atoms with E-state index in [1.807, 2.05) is 13.0 Å². The molecule has 2 aliphatic heterocycles. The van der Waals surface area contributed by atoms with Gasteiger partial charge in [0, 0.05) is 36.6 Å². The second kappa shape index (κ2) is 6.67. The Hall–Kier alpha value is -1.30. The van der Waals surface area contributed by atoms with E-state index in [9.17, 15) is 10.2 Å². The Morgan fingerprint density at radius 3 is 2.58 bits per heavy atom. The summed E-state index contributed by atoms with van der Waals surface area (Å²) in [6, 6.07) is 4.36. The third kappa shape index (κ3) is 2.65. The summed E-state index contributed by atoms with van der Waals surface area (Å²) >= 11 is 0. The van der Waals surface area contributed by atoms with Gasteiger partial charge in [0.05, 0.1) is 5.60 Å². The number of rotatable bonds is 4. The van der Waals surface area contributed by atoms with Gasteiger partial charge in [-0.05, 0) is 74.0 Å². The second-order valence-corrected chi connectivity index (χ2v) is 13.2. The first-order valence-electron chi connectivity index (χ1n) is 13.0. The third-order valence-corrected chi connectivity index (χ3v) is 10.8. The summed E-state index contributed by atoms with van der Waals surface area (Å²) in [6.07, 6.45) is 5.19. The molecule has 1 spiro atoms. The van der Waals surface area contributed by atoms with Crippen LogP contribution in [0.4, 0.5) is 0 Å². The first kappa shape index (κ1) is 22.2. The minimum Gasteiger partial charge on any atom is -0.504 e. The largest absolute Gasteiger partial charge is 0.504 e. The zero-order valence-electron chi connectivity index (χ0n) is 21.1. The van der Waals surface area contributed by atoms with E-state index in [0.29, 0.717) is 11.8 Å². The van der Waals surface area contributed by atoms with Crippen LogP contribution in [0.2, 0.25) is 0 Å². The van der Waals surface area contributed by atoms with Gasteiger partial charge in [-0.2, -0.15) is 0 Å². The van der Waals surface area contributed by atoms with Gasteiger partial charge in [0.2, 0.25) is 0 Å². The van der Waals surface area contributed by atoms with Gasteiger partial charge in [-0.1, -0.05) is 33.8 Å². The van der Waals surface area contributed by atoms with E-state index in [1.165, 1.54) is 30.5 Å². The molecule has 33 heavy (non-hydrogen) atoms. The molecule has 3 fully saturated rings. The van der Waals surface area contributed by atoms with Crippen molar-refractivity contribution in [1.29, 1.82) is 0 Å². The van der Waals surface area contributed by atoms with Crippen molar-refractivity contribution >= 4 is 0 Å². The van der Waals surface area contributed by atoms with Crippen molar-refractivity contribution in [2.75, 3.05) is 20.2 Å². The van der Waals surface area contributed by atoms with Gasteiger partial charge in [0.25, 0.3) is 0 Å². The first-order valence-corrected chi connectivity index (χ1v) is 13.0. The molecule has 6 rings (SSSR count). The molecule has 1 aromatic rings. The SMILES string of the molecule is COC1[C@H](C(C)(O)C(C)(C)C)C[C@@]2(C)C3Cc4ccc(O)c5c4[C@]2(CCN3CC2CC2)[C@@H]1O5. The lowest BCUT2D eigenvalue weighted by molar-refractivity contribution is -0.231. The quantitative estimate of drug-likeness (QED) is 0.710. The minimum absolute atomic E-state index is 0.0630. The maximum absolute atomic E-state index is 12.0. The molecule has 182 valence electrons. The van der Waals surface area contributed by atoms with Crippen molar-refractivity contribution in [2.45, 2.75) is 96.0 Å². The van der Waals surface area contributed by atoms with Crippen molar-refractivity contribution < 1.29 is 19.7 Å². The summed E-state index contributed by atoms with van der Waals surface area (Å²) in [5, 5.41) is 22.9. The van der Waals surface area contributed by atoms with Crippen LogP contribution >= 0.6 is 0 Å². The summed E-state index contributed by atoms with van der Waals surface area (Å²) in [7, 11) is 1.77. The zero-order valence-corrected chi connectivity index (χ0v) is 21.1. The predicted molar refractivity (Wildman–Crippen MR) is 128 cm³/mol. The number of nitrogens with zero attached hydrogens (tertiary/aromatic N) is 1. The molecule has 5 nitrogen and oxygen atoms in total. The topological polar surface area (TPSA) is 62.2 Å². The van der Waals surface area contributed by atoms with Crippen molar-refractivity contribution in [3.8, 4) is 11.5 Å². The lowest BCUT2D eigenvalue weighted by atomic mass is 9.40. The Labute approximate surface area is 198 Å². The molecule has 0 aromatic heterocycles. The smallest absolute Gasteiger partial charge is 0.165 e. The Bertz CT molecular complexity index is 979. The average Bonchev–Trinajstić information content (AvgIpc) is 3.47. The molecule has 2 heterocycles. The molecule has 0 radical (unpaired) electrons. The number of likely N-dealkylation sites (tertiary alicyclic amines) is 1. The van der Waals surface area contributed by atoms with Crippen LogP contribution in [0.1, 0.15) is 71.4 Å². The number of hydrogen-bond acceptors (Lipinski definition) is 5. The Kier molecular flexibility index (Phi) is 4.49. The highest BCUT2D eigenvalue weighted by Crippen LogP contribution is 2.71. The molecule has 5 aliphatic rings. The highest BCUT2D eigenvalue weighted by Gasteiger charge is 2.74. The molecular formula is C28H41NO4. The number of aliphatic hydroxyl groups is 1. The molecule has 1 saturated heterocycles. The maximum Gasteiger partial charge on any atom is 0.165 e. The van der Waals surface area contributed by atoms with Crippen molar-refractivity contribution in [3.63, 3.8) is 0 Å². The molecule has 2 bridgehead atoms. The minimum atomic E-state index is -0.922. The fourth-order valence-electron chi connectivity index (χ4n) is 8.33. The van der Waals surface area contributed by atoms with Crippen LogP contribution in [-0.4, -0.2) is 59.2 Å². The molecule has 5 heteroatoms. The lowest BCUT2D eigenvalue weighted by Gasteiger charge is -2.68. The number of benzene rings is 1. The van der Waals surface area contributed by atoms with Crippen LogP contribution in [0.5, 0.6) is 11.5 Å². The third-order valence-electron chi connectivity index (χ3n) is 10.8. The Morgan fingerprint density at radius 2 is 1.94 bits per heavy atom. The Morgan fingerprint density at radius 1 is 1.21 bits per heavy atom. The molecule has 0 amide bonds. The molecule has 2 N–H and O–H groups in total. The number of piperidine rings is 1. The van der Waals surface area contributed by atoms with Crippen LogP contribution < -0.4 is 4.74 Å². The van der Waals surface area contributed by atoms with E-state index in [4.69, 9.17) is 9.47 Å². The van der Waals surface area contributed by atoms with Gasteiger partial charge < -0.3 is 19.7 Å². The summed E-state index contributed by atoms with van der Waals surface area (Å²) in [4.78, 5) is 2.77. The van der Waals surface area contributed by atoms with Crippen LogP contribution in [0.15, 0.2) is 12.1 Å². The summed E-state index contributed by atoms with van der Waals surface area (Å²) in [5.74, 6) is 1.70. The highest BCUT2D eigenvalue weighted by atomic mass is 16.5. The summed E-state index contributed by atoms with van der Waals surface area (Å²) in [5.41, 5.74) is 1.10. The average molecular weight is 456 g/mol. The van der Waals surface area contributed by atoms with Crippen LogP contribution in [-0.2, 0) is 16.6 Å². The number of phenolic OH excluding ortho intramolecular Hbond substituents is 1. The standard InChI is InChI=1S/C28H41NO4/c1-25(2,3)27(5,31)18-14-26(4)20-13-17-9-10-19(30)23-21(17)28(26,24(33-23)22(18)32-6)11-12-29(20)15-16-7-8-16/h9-10,16,18,20,22,24,30-31H,7-8,11-15H2,1-6H3/t18-,20?,22?,24-,26+,27?,28-/m1/s1. The van der Waals surface area contributed by atoms with Crippen LogP contribution in [0, 0.1) is 22.7 Å². The monoisotopic (exact) mass is 455 g/mol. The number of phenols is 1. The van der Waals surface area contributed by atoms with E-state index in [0.717, 1.165) is 31.7 Å². The number of hydrogen-bond donors (Lipinski definition) is 2. The number of ether oxygens (including phenoxy) is 2. The zero-order chi connectivity index (χ0) is 23.6. The maximum atomic E-state index is 12.0. The molecule has 1 aromatic carbocycles. The van der Waals surface area contributed by atoms with Gasteiger partial charge in [-0.15, -0.1) is 0 Å². The van der Waals surface area contributed by atoms with Crippen molar-refractivity contribution in [3.05, 3.63) is 23.3 Å². The van der Waals surface area contributed by atoms with Gasteiger partial charge in [0.15, 0.2) is 11.5 Å².